The number of pyridine rings is 1. The second-order valence-corrected chi connectivity index (χ2v) is 4.74. The highest BCUT2D eigenvalue weighted by molar-refractivity contribution is 5.90. The lowest BCUT2D eigenvalue weighted by Crippen LogP contribution is -2.22. The van der Waals surface area contributed by atoms with Crippen molar-refractivity contribution in [2.45, 2.75) is 6.42 Å². The van der Waals surface area contributed by atoms with Gasteiger partial charge in [-0.15, -0.1) is 0 Å². The van der Waals surface area contributed by atoms with E-state index in [1.54, 1.807) is 24.6 Å². The summed E-state index contributed by atoms with van der Waals surface area (Å²) >= 11 is 0. The Labute approximate surface area is 122 Å². The molecule has 108 valence electrons. The van der Waals surface area contributed by atoms with Crippen molar-refractivity contribution in [1.82, 2.24) is 4.98 Å². The number of furan rings is 1. The molecule has 1 aromatic carbocycles. The largest absolute Gasteiger partial charge is 0.464 e. The molecule has 0 unspecified atom stereocenters. The summed E-state index contributed by atoms with van der Waals surface area (Å²) in [5, 5.41) is 0.929. The van der Waals surface area contributed by atoms with Gasteiger partial charge in [0, 0.05) is 18.4 Å². The minimum atomic E-state index is -0.257. The quantitative estimate of drug-likeness (QED) is 0.780. The molecule has 0 amide bonds. The van der Waals surface area contributed by atoms with Crippen LogP contribution in [0.15, 0.2) is 53.3 Å². The number of rotatable bonds is 5. The van der Waals surface area contributed by atoms with Crippen molar-refractivity contribution >= 4 is 22.5 Å². The first-order chi connectivity index (χ1) is 10.3. The van der Waals surface area contributed by atoms with Crippen LogP contribution in [0.3, 0.4) is 0 Å². The van der Waals surface area contributed by atoms with Gasteiger partial charge in [0.15, 0.2) is 0 Å². The number of nitrogens with two attached hydrogens (primary N) is 1. The molecule has 0 aliphatic carbocycles. The predicted octanol–water partition coefficient (Wildman–Crippen LogP) is 3.45. The summed E-state index contributed by atoms with van der Waals surface area (Å²) in [6.45, 7) is 1.29. The lowest BCUT2D eigenvalue weighted by Gasteiger charge is -2.24. The summed E-state index contributed by atoms with van der Waals surface area (Å²) in [5.74, 6) is 0.535. The summed E-state index contributed by atoms with van der Waals surface area (Å²) in [7, 11) is 0. The third-order valence-corrected chi connectivity index (χ3v) is 3.34. The zero-order valence-electron chi connectivity index (χ0n) is 11.5. The monoisotopic (exact) mass is 285 g/mol. The van der Waals surface area contributed by atoms with Crippen LogP contribution in [0.1, 0.15) is 6.42 Å². The van der Waals surface area contributed by atoms with Gasteiger partial charge in [0.25, 0.3) is 0 Å². The van der Waals surface area contributed by atoms with Gasteiger partial charge in [-0.1, -0.05) is 0 Å². The zero-order valence-corrected chi connectivity index (χ0v) is 11.5. The lowest BCUT2D eigenvalue weighted by molar-refractivity contribution is 0.615. The van der Waals surface area contributed by atoms with Gasteiger partial charge in [-0.05, 0) is 49.4 Å². The van der Waals surface area contributed by atoms with Crippen molar-refractivity contribution in [2.75, 3.05) is 18.0 Å². The zero-order chi connectivity index (χ0) is 14.7. The molecule has 0 atom stereocenters. The number of hydrogen-bond acceptors (Lipinski definition) is 4. The third kappa shape index (κ3) is 2.73. The second-order valence-electron chi connectivity index (χ2n) is 4.74. The van der Waals surface area contributed by atoms with Crippen LogP contribution < -0.4 is 10.6 Å². The molecule has 2 aromatic heterocycles. The van der Waals surface area contributed by atoms with E-state index in [-0.39, 0.29) is 5.82 Å². The van der Waals surface area contributed by atoms with Crippen LogP contribution in [0.5, 0.6) is 0 Å². The number of halogens is 1. The summed E-state index contributed by atoms with van der Waals surface area (Å²) in [6, 6.07) is 10.1. The van der Waals surface area contributed by atoms with Crippen molar-refractivity contribution < 1.29 is 8.81 Å². The van der Waals surface area contributed by atoms with Gasteiger partial charge in [-0.3, -0.25) is 0 Å². The Hall–Kier alpha value is -2.40. The molecule has 3 rings (SSSR count). The van der Waals surface area contributed by atoms with E-state index in [2.05, 4.69) is 4.98 Å². The van der Waals surface area contributed by atoms with E-state index in [9.17, 15) is 4.39 Å². The molecule has 3 aromatic rings. The molecule has 0 bridgehead atoms. The van der Waals surface area contributed by atoms with Gasteiger partial charge in [-0.2, -0.15) is 0 Å². The fourth-order valence-corrected chi connectivity index (χ4v) is 2.32. The Balaban J connectivity index is 2.06. The number of aromatic nitrogens is 1. The highest BCUT2D eigenvalue weighted by atomic mass is 19.1. The van der Waals surface area contributed by atoms with E-state index in [1.807, 2.05) is 17.0 Å². The average molecular weight is 285 g/mol. The highest BCUT2D eigenvalue weighted by Crippen LogP contribution is 2.31. The van der Waals surface area contributed by atoms with Crippen LogP contribution >= 0.6 is 0 Å². The molecule has 0 radical (unpaired) electrons. The summed E-state index contributed by atoms with van der Waals surface area (Å²) in [5.41, 5.74) is 7.28. The summed E-state index contributed by atoms with van der Waals surface area (Å²) < 4.78 is 18.6. The van der Waals surface area contributed by atoms with Crippen molar-refractivity contribution in [3.8, 4) is 0 Å². The molecule has 4 nitrogen and oxygen atoms in total. The fourth-order valence-electron chi connectivity index (χ4n) is 2.32. The maximum absolute atomic E-state index is 13.1. The second kappa shape index (κ2) is 5.93. The standard InChI is InChI=1S/C16H16FN3O/c17-12-2-4-13(5-3-12)20(10-1-8-18)16-14-7-11-21-15(14)6-9-19-16/h2-7,9,11H,1,8,10,18H2. The molecule has 0 fully saturated rings. The molecule has 2 heterocycles. The molecule has 0 saturated carbocycles. The van der Waals surface area contributed by atoms with Crippen molar-refractivity contribution in [3.05, 3.63) is 54.7 Å². The molecule has 21 heavy (non-hydrogen) atoms. The number of nitrogens with zero attached hydrogens (tertiary/aromatic N) is 2. The molecule has 0 aliphatic rings. The van der Waals surface area contributed by atoms with Gasteiger partial charge >= 0.3 is 0 Å². The first-order valence-corrected chi connectivity index (χ1v) is 6.85. The van der Waals surface area contributed by atoms with Gasteiger partial charge < -0.3 is 15.1 Å². The van der Waals surface area contributed by atoms with E-state index >= 15 is 0 Å². The molecule has 0 saturated heterocycles. The summed E-state index contributed by atoms with van der Waals surface area (Å²) in [6.07, 6.45) is 4.16. The van der Waals surface area contributed by atoms with Crippen molar-refractivity contribution in [2.24, 2.45) is 5.73 Å². The average Bonchev–Trinajstić information content (AvgIpc) is 2.98. The van der Waals surface area contributed by atoms with E-state index in [0.717, 1.165) is 28.9 Å². The van der Waals surface area contributed by atoms with Crippen LogP contribution in [-0.2, 0) is 0 Å². The molecular weight excluding hydrogens is 269 g/mol. The molecule has 5 heteroatoms. The number of benzene rings is 1. The predicted molar refractivity (Wildman–Crippen MR) is 81.1 cm³/mol. The smallest absolute Gasteiger partial charge is 0.144 e. The topological polar surface area (TPSA) is 55.3 Å². The maximum atomic E-state index is 13.1. The van der Waals surface area contributed by atoms with Gasteiger partial charge in [-0.25, -0.2) is 9.37 Å². The van der Waals surface area contributed by atoms with Crippen LogP contribution in [0.4, 0.5) is 15.9 Å². The number of fused-ring (bicyclic) bond motifs is 1. The maximum Gasteiger partial charge on any atom is 0.144 e. The first-order valence-electron chi connectivity index (χ1n) is 6.85. The SMILES string of the molecule is NCCCN(c1ccc(F)cc1)c1nccc2occc12. The molecule has 2 N–H and O–H groups in total. The van der Waals surface area contributed by atoms with Gasteiger partial charge in [0.2, 0.25) is 0 Å². The van der Waals surface area contributed by atoms with Gasteiger partial charge in [0.1, 0.15) is 17.2 Å². The van der Waals surface area contributed by atoms with Crippen LogP contribution in [-0.4, -0.2) is 18.1 Å². The van der Waals surface area contributed by atoms with E-state index in [0.29, 0.717) is 13.1 Å². The highest BCUT2D eigenvalue weighted by Gasteiger charge is 2.14. The van der Waals surface area contributed by atoms with Crippen LogP contribution in [0.2, 0.25) is 0 Å². The molecular formula is C16H16FN3O. The van der Waals surface area contributed by atoms with Gasteiger partial charge in [0.05, 0.1) is 11.6 Å². The molecule has 0 spiro atoms. The Morgan fingerprint density at radius 2 is 1.95 bits per heavy atom. The van der Waals surface area contributed by atoms with Crippen LogP contribution in [0, 0.1) is 5.82 Å². The Kier molecular flexibility index (Phi) is 3.83. The number of hydrogen-bond donors (Lipinski definition) is 1. The fraction of sp³-hybridized carbons (Fsp3) is 0.188. The Bertz CT molecular complexity index is 724. The minimum absolute atomic E-state index is 0.257. The van der Waals surface area contributed by atoms with Crippen molar-refractivity contribution in [3.63, 3.8) is 0 Å². The van der Waals surface area contributed by atoms with Crippen molar-refractivity contribution in [1.29, 1.82) is 0 Å². The normalized spacial score (nSPS) is 11.0. The Morgan fingerprint density at radius 3 is 2.71 bits per heavy atom. The lowest BCUT2D eigenvalue weighted by atomic mass is 10.2. The minimum Gasteiger partial charge on any atom is -0.464 e. The first kappa shape index (κ1) is 13.6. The van der Waals surface area contributed by atoms with E-state index in [4.69, 9.17) is 10.2 Å². The van der Waals surface area contributed by atoms with Crippen LogP contribution in [0.25, 0.3) is 11.0 Å². The van der Waals surface area contributed by atoms with E-state index < -0.39 is 0 Å². The third-order valence-electron chi connectivity index (χ3n) is 3.34. The Morgan fingerprint density at radius 1 is 1.14 bits per heavy atom. The summed E-state index contributed by atoms with van der Waals surface area (Å²) in [4.78, 5) is 6.49. The number of anilines is 2. The molecule has 0 aliphatic heterocycles. The van der Waals surface area contributed by atoms with E-state index in [1.165, 1.54) is 12.1 Å².